The van der Waals surface area contributed by atoms with E-state index < -0.39 is 10.8 Å². The zero-order chi connectivity index (χ0) is 20.3. The molecule has 3 rings (SSSR count). The predicted molar refractivity (Wildman–Crippen MR) is 136 cm³/mol. The molecule has 1 aliphatic carbocycles. The third-order valence-corrected chi connectivity index (χ3v) is 7.12. The highest BCUT2D eigenvalue weighted by Crippen LogP contribution is 2.23. The lowest BCUT2D eigenvalue weighted by Crippen LogP contribution is -2.47. The van der Waals surface area contributed by atoms with Crippen LogP contribution in [0.3, 0.4) is 0 Å². The van der Waals surface area contributed by atoms with Crippen LogP contribution in [0.1, 0.15) is 43.9 Å². The van der Waals surface area contributed by atoms with E-state index >= 15 is 0 Å². The molecule has 0 amide bonds. The molecule has 1 heterocycles. The fourth-order valence-corrected chi connectivity index (χ4v) is 5.15. The average molecular weight is 544 g/mol. The quantitative estimate of drug-likeness (QED) is 0.281. The fourth-order valence-electron chi connectivity index (χ4n) is 3.80. The van der Waals surface area contributed by atoms with Crippen LogP contribution < -0.4 is 10.6 Å². The van der Waals surface area contributed by atoms with E-state index in [2.05, 4.69) is 34.9 Å². The summed E-state index contributed by atoms with van der Waals surface area (Å²) in [6.07, 6.45) is 7.70. The Morgan fingerprint density at radius 2 is 2.00 bits per heavy atom. The van der Waals surface area contributed by atoms with Crippen LogP contribution in [-0.4, -0.2) is 40.3 Å². The summed E-state index contributed by atoms with van der Waals surface area (Å²) in [5.74, 6) is 2.55. The van der Waals surface area contributed by atoms with Crippen LogP contribution in [-0.2, 0) is 23.6 Å². The van der Waals surface area contributed by atoms with E-state index in [0.717, 1.165) is 62.5 Å². The largest absolute Gasteiger partial charge is 0.469 e. The van der Waals surface area contributed by atoms with Crippen molar-refractivity contribution in [3.05, 3.63) is 60.1 Å². The predicted octanol–water partition coefficient (Wildman–Crippen LogP) is 4.30. The van der Waals surface area contributed by atoms with Crippen molar-refractivity contribution >= 4 is 40.7 Å². The first-order valence-corrected chi connectivity index (χ1v) is 12.1. The second-order valence-electron chi connectivity index (χ2n) is 7.52. The maximum Gasteiger partial charge on any atom is 0.191 e. The van der Waals surface area contributed by atoms with E-state index in [-0.39, 0.29) is 24.0 Å². The number of benzene rings is 1. The number of hydrogen-bond acceptors (Lipinski definition) is 3. The van der Waals surface area contributed by atoms with Gasteiger partial charge in [0.15, 0.2) is 5.96 Å². The van der Waals surface area contributed by atoms with Gasteiger partial charge in [0.05, 0.1) is 6.26 Å². The van der Waals surface area contributed by atoms with Crippen molar-refractivity contribution in [2.45, 2.75) is 56.7 Å². The van der Waals surface area contributed by atoms with Gasteiger partial charge in [0.25, 0.3) is 0 Å². The number of nitrogens with one attached hydrogen (secondary N) is 2. The molecular formula is C23H34IN3O2S. The molecule has 0 aliphatic heterocycles. The molecule has 1 aromatic heterocycles. The van der Waals surface area contributed by atoms with Gasteiger partial charge in [0.2, 0.25) is 0 Å². The number of rotatable bonds is 9. The minimum Gasteiger partial charge on any atom is -0.469 e. The molecule has 0 saturated heterocycles. The first-order valence-electron chi connectivity index (χ1n) is 10.7. The van der Waals surface area contributed by atoms with Gasteiger partial charge in [-0.15, -0.1) is 24.0 Å². The van der Waals surface area contributed by atoms with Crippen LogP contribution in [0.2, 0.25) is 0 Å². The summed E-state index contributed by atoms with van der Waals surface area (Å²) in [6, 6.07) is 14.7. The summed E-state index contributed by atoms with van der Waals surface area (Å²) in [5.41, 5.74) is 1.31. The molecule has 0 radical (unpaired) electrons. The van der Waals surface area contributed by atoms with E-state index in [1.54, 1.807) is 6.26 Å². The summed E-state index contributed by atoms with van der Waals surface area (Å²) in [6.45, 7) is 3.51. The normalized spacial score (nSPS) is 20.2. The maximum absolute atomic E-state index is 12.3. The first kappa shape index (κ1) is 24.9. The number of furan rings is 1. The highest BCUT2D eigenvalue weighted by molar-refractivity contribution is 14.0. The molecule has 30 heavy (non-hydrogen) atoms. The fraction of sp³-hybridized carbons (Fsp3) is 0.522. The summed E-state index contributed by atoms with van der Waals surface area (Å²) in [4.78, 5) is 4.77. The molecule has 3 atom stereocenters. The van der Waals surface area contributed by atoms with Gasteiger partial charge >= 0.3 is 0 Å². The zero-order valence-electron chi connectivity index (χ0n) is 17.7. The van der Waals surface area contributed by atoms with E-state index in [1.165, 1.54) is 5.56 Å². The monoisotopic (exact) mass is 543 g/mol. The van der Waals surface area contributed by atoms with Gasteiger partial charge in [0.1, 0.15) is 5.76 Å². The molecule has 0 spiro atoms. The molecule has 7 heteroatoms. The highest BCUT2D eigenvalue weighted by Gasteiger charge is 2.26. The number of aliphatic imine (C=N–C) groups is 1. The topological polar surface area (TPSA) is 66.6 Å². The minimum atomic E-state index is -0.718. The van der Waals surface area contributed by atoms with Crippen molar-refractivity contribution in [1.82, 2.24) is 10.6 Å². The zero-order valence-corrected chi connectivity index (χ0v) is 20.9. The Kier molecular flexibility index (Phi) is 11.5. The van der Waals surface area contributed by atoms with Crippen LogP contribution in [0, 0.1) is 0 Å². The Hall–Kier alpha value is -1.35. The molecule has 3 unspecified atom stereocenters. The van der Waals surface area contributed by atoms with Gasteiger partial charge in [-0.2, -0.15) is 0 Å². The van der Waals surface area contributed by atoms with Crippen LogP contribution in [0.5, 0.6) is 0 Å². The van der Waals surface area contributed by atoms with Crippen molar-refractivity contribution in [2.24, 2.45) is 4.99 Å². The van der Waals surface area contributed by atoms with Crippen molar-refractivity contribution in [1.29, 1.82) is 0 Å². The second kappa shape index (κ2) is 13.9. The van der Waals surface area contributed by atoms with E-state index in [0.29, 0.717) is 17.8 Å². The summed E-state index contributed by atoms with van der Waals surface area (Å²) in [7, 11) is -0.718. The SMILES string of the molecule is CCS(=O)C1CCCC(NC(=NCCc2ccco2)NCCc2ccccc2)C1.I. The molecule has 166 valence electrons. The molecule has 1 saturated carbocycles. The Morgan fingerprint density at radius 3 is 2.73 bits per heavy atom. The standard InChI is InChI=1S/C23H33N3O2S.HI/c1-2-29(27)22-12-6-10-20(18-22)26-23(25-16-14-21-11-7-17-28-21)24-15-13-19-8-4-3-5-9-19;/h3-5,7-9,11,17,20,22H,2,6,10,12-16,18H2,1H3,(H2,24,25,26);1H. The van der Waals surface area contributed by atoms with Gasteiger partial charge in [-0.3, -0.25) is 9.20 Å². The van der Waals surface area contributed by atoms with Crippen LogP contribution >= 0.6 is 24.0 Å². The van der Waals surface area contributed by atoms with Crippen LogP contribution in [0.15, 0.2) is 58.1 Å². The molecule has 0 bridgehead atoms. The Labute approximate surface area is 200 Å². The van der Waals surface area contributed by atoms with Crippen LogP contribution in [0.25, 0.3) is 0 Å². The minimum absolute atomic E-state index is 0. The molecule has 1 aliphatic rings. The van der Waals surface area contributed by atoms with Crippen molar-refractivity contribution in [3.63, 3.8) is 0 Å². The van der Waals surface area contributed by atoms with E-state index in [9.17, 15) is 4.21 Å². The third kappa shape index (κ3) is 8.41. The van der Waals surface area contributed by atoms with Gasteiger partial charge < -0.3 is 15.1 Å². The highest BCUT2D eigenvalue weighted by atomic mass is 127. The van der Waals surface area contributed by atoms with Crippen molar-refractivity contribution in [3.8, 4) is 0 Å². The van der Waals surface area contributed by atoms with Gasteiger partial charge in [-0.05, 0) is 43.4 Å². The Bertz CT molecular complexity index is 768. The van der Waals surface area contributed by atoms with E-state index in [1.807, 2.05) is 25.1 Å². The van der Waals surface area contributed by atoms with Crippen molar-refractivity contribution < 1.29 is 8.63 Å². The molecule has 2 N–H and O–H groups in total. The second-order valence-corrected chi connectivity index (χ2v) is 9.53. The van der Waals surface area contributed by atoms with Gasteiger partial charge in [-0.1, -0.05) is 43.7 Å². The maximum atomic E-state index is 12.3. The number of nitrogens with zero attached hydrogens (tertiary/aromatic N) is 1. The number of hydrogen-bond donors (Lipinski definition) is 2. The summed E-state index contributed by atoms with van der Waals surface area (Å²) >= 11 is 0. The third-order valence-electron chi connectivity index (χ3n) is 5.38. The van der Waals surface area contributed by atoms with Crippen molar-refractivity contribution in [2.75, 3.05) is 18.8 Å². The Morgan fingerprint density at radius 1 is 1.17 bits per heavy atom. The molecule has 5 nitrogen and oxygen atoms in total. The van der Waals surface area contributed by atoms with Gasteiger partial charge in [-0.25, -0.2) is 0 Å². The smallest absolute Gasteiger partial charge is 0.191 e. The van der Waals surface area contributed by atoms with E-state index in [4.69, 9.17) is 9.41 Å². The van der Waals surface area contributed by atoms with Gasteiger partial charge in [0, 0.05) is 47.4 Å². The number of guanidine groups is 1. The average Bonchev–Trinajstić information content (AvgIpc) is 3.27. The molecule has 1 fully saturated rings. The summed E-state index contributed by atoms with van der Waals surface area (Å²) < 4.78 is 17.7. The van der Waals surface area contributed by atoms with Crippen LogP contribution in [0.4, 0.5) is 0 Å². The molecular weight excluding hydrogens is 509 g/mol. The summed E-state index contributed by atoms with van der Waals surface area (Å²) in [5, 5.41) is 7.40. The lowest BCUT2D eigenvalue weighted by atomic mass is 9.95. The lowest BCUT2D eigenvalue weighted by molar-refractivity contribution is 0.413. The lowest BCUT2D eigenvalue weighted by Gasteiger charge is -2.30. The number of halogens is 1. The Balaban J connectivity index is 0.00000320. The first-order chi connectivity index (χ1) is 14.2. The molecule has 2 aromatic rings. The molecule has 1 aromatic carbocycles.